The quantitative estimate of drug-likeness (QED) is 0.823. The third-order valence-corrected chi connectivity index (χ3v) is 2.84. The lowest BCUT2D eigenvalue weighted by Crippen LogP contribution is -2.01. The molecule has 2 N–H and O–H groups in total. The Morgan fingerprint density at radius 2 is 1.89 bits per heavy atom. The summed E-state index contributed by atoms with van der Waals surface area (Å²) in [5.74, 6) is -1.05. The largest absolute Gasteiger partial charge is 0.478 e. The van der Waals surface area contributed by atoms with Gasteiger partial charge in [0.25, 0.3) is 0 Å². The molecule has 0 bridgehead atoms. The van der Waals surface area contributed by atoms with Crippen molar-refractivity contribution in [3.8, 4) is 0 Å². The molecule has 0 atom stereocenters. The fourth-order valence-electron chi connectivity index (χ4n) is 1.77. The highest BCUT2D eigenvalue weighted by atomic mass is 16.4. The number of carbonyl (C=O) groups is 2. The first-order valence-electron chi connectivity index (χ1n) is 5.77. The molecule has 0 heterocycles. The molecule has 19 heavy (non-hydrogen) atoms. The molecule has 0 aliphatic rings. The van der Waals surface area contributed by atoms with Crippen LogP contribution >= 0.6 is 0 Å². The highest BCUT2D eigenvalue weighted by molar-refractivity contribution is 5.94. The van der Waals surface area contributed by atoms with Crippen molar-refractivity contribution in [1.29, 1.82) is 0 Å². The minimum absolute atomic E-state index is 0.0948. The number of nitrogens with one attached hydrogen (secondary N) is 1. The summed E-state index contributed by atoms with van der Waals surface area (Å²) in [5, 5.41) is 12.0. The maximum Gasteiger partial charge on any atom is 0.335 e. The standard InChI is InChI=1S/C15H13NO3/c1-10-4-2-3-5-13(10)16-14-7-6-11(15(18)19)8-12(14)9-17/h2-9,16H,1H3,(H,18,19). The van der Waals surface area contributed by atoms with Gasteiger partial charge in [-0.1, -0.05) is 18.2 Å². The first-order valence-corrected chi connectivity index (χ1v) is 5.77. The smallest absolute Gasteiger partial charge is 0.335 e. The van der Waals surface area contributed by atoms with Crippen LogP contribution in [0.3, 0.4) is 0 Å². The first-order chi connectivity index (χ1) is 9.11. The molecule has 0 fully saturated rings. The van der Waals surface area contributed by atoms with E-state index in [1.807, 2.05) is 31.2 Å². The summed E-state index contributed by atoms with van der Waals surface area (Å²) in [6.45, 7) is 1.95. The van der Waals surface area contributed by atoms with E-state index in [4.69, 9.17) is 5.11 Å². The first kappa shape index (κ1) is 12.8. The number of aldehydes is 1. The van der Waals surface area contributed by atoms with Crippen LogP contribution in [-0.2, 0) is 0 Å². The lowest BCUT2D eigenvalue weighted by atomic mass is 10.1. The molecule has 0 saturated heterocycles. The second-order valence-electron chi connectivity index (χ2n) is 4.16. The lowest BCUT2D eigenvalue weighted by molar-refractivity contribution is 0.0697. The molecule has 0 aromatic heterocycles. The molecule has 0 aliphatic carbocycles. The Morgan fingerprint density at radius 1 is 1.16 bits per heavy atom. The van der Waals surface area contributed by atoms with Crippen LogP contribution in [0.15, 0.2) is 42.5 Å². The van der Waals surface area contributed by atoms with Gasteiger partial charge in [-0.25, -0.2) is 4.79 Å². The Labute approximate surface area is 110 Å². The van der Waals surface area contributed by atoms with E-state index in [2.05, 4.69) is 5.32 Å². The van der Waals surface area contributed by atoms with E-state index in [1.165, 1.54) is 12.1 Å². The third kappa shape index (κ3) is 2.80. The predicted molar refractivity (Wildman–Crippen MR) is 73.3 cm³/mol. The van der Waals surface area contributed by atoms with Crippen LogP contribution in [0.25, 0.3) is 0 Å². The second kappa shape index (κ2) is 5.35. The van der Waals surface area contributed by atoms with Crippen molar-refractivity contribution >= 4 is 23.6 Å². The normalized spacial score (nSPS) is 9.95. The number of aromatic carboxylic acids is 1. The van der Waals surface area contributed by atoms with Gasteiger partial charge in [-0.2, -0.15) is 0 Å². The summed E-state index contributed by atoms with van der Waals surface area (Å²) < 4.78 is 0. The van der Waals surface area contributed by atoms with Crippen molar-refractivity contribution in [3.63, 3.8) is 0 Å². The van der Waals surface area contributed by atoms with E-state index in [0.717, 1.165) is 11.3 Å². The molecular weight excluding hydrogens is 242 g/mol. The average Bonchev–Trinajstić information content (AvgIpc) is 2.41. The summed E-state index contributed by atoms with van der Waals surface area (Å²) >= 11 is 0. The van der Waals surface area contributed by atoms with E-state index in [0.29, 0.717) is 17.5 Å². The number of aryl methyl sites for hydroxylation is 1. The Bertz CT molecular complexity index is 635. The molecule has 2 aromatic carbocycles. The van der Waals surface area contributed by atoms with Crippen LogP contribution in [0, 0.1) is 6.92 Å². The number of rotatable bonds is 4. The number of para-hydroxylation sites is 1. The van der Waals surface area contributed by atoms with Crippen LogP contribution < -0.4 is 5.32 Å². The maximum absolute atomic E-state index is 11.0. The zero-order valence-electron chi connectivity index (χ0n) is 10.4. The molecule has 0 aliphatic heterocycles. The lowest BCUT2D eigenvalue weighted by Gasteiger charge is -2.11. The Kier molecular flexibility index (Phi) is 3.61. The van der Waals surface area contributed by atoms with Crippen molar-refractivity contribution in [2.24, 2.45) is 0 Å². The van der Waals surface area contributed by atoms with E-state index in [1.54, 1.807) is 6.07 Å². The zero-order chi connectivity index (χ0) is 13.8. The highest BCUT2D eigenvalue weighted by Crippen LogP contribution is 2.23. The number of carboxylic acid groups (broad SMARTS) is 1. The third-order valence-electron chi connectivity index (χ3n) is 2.84. The van der Waals surface area contributed by atoms with E-state index in [9.17, 15) is 9.59 Å². The second-order valence-corrected chi connectivity index (χ2v) is 4.16. The molecule has 0 saturated carbocycles. The van der Waals surface area contributed by atoms with Crippen LogP contribution in [0.2, 0.25) is 0 Å². The van der Waals surface area contributed by atoms with Crippen molar-refractivity contribution in [2.75, 3.05) is 5.32 Å². The van der Waals surface area contributed by atoms with Gasteiger partial charge in [0.15, 0.2) is 6.29 Å². The molecule has 0 radical (unpaired) electrons. The van der Waals surface area contributed by atoms with Gasteiger partial charge in [-0.05, 0) is 36.8 Å². The molecule has 0 unspecified atom stereocenters. The van der Waals surface area contributed by atoms with Crippen LogP contribution in [0.5, 0.6) is 0 Å². The summed E-state index contributed by atoms with van der Waals surface area (Å²) in [6, 6.07) is 12.1. The van der Waals surface area contributed by atoms with Gasteiger partial charge in [0.2, 0.25) is 0 Å². The molecule has 0 spiro atoms. The van der Waals surface area contributed by atoms with E-state index >= 15 is 0 Å². The fraction of sp³-hybridized carbons (Fsp3) is 0.0667. The molecule has 0 amide bonds. The number of hydrogen-bond acceptors (Lipinski definition) is 3. The van der Waals surface area contributed by atoms with Crippen molar-refractivity contribution in [3.05, 3.63) is 59.2 Å². The Hall–Kier alpha value is -2.62. The van der Waals surface area contributed by atoms with Crippen LogP contribution in [0.4, 0.5) is 11.4 Å². The summed E-state index contributed by atoms with van der Waals surface area (Å²) in [4.78, 5) is 21.9. The minimum atomic E-state index is -1.05. The summed E-state index contributed by atoms with van der Waals surface area (Å²) in [7, 11) is 0. The molecular formula is C15H13NO3. The number of hydrogen-bond donors (Lipinski definition) is 2. The monoisotopic (exact) mass is 255 g/mol. The Balaban J connectivity index is 2.38. The van der Waals surface area contributed by atoms with Gasteiger partial charge in [-0.3, -0.25) is 4.79 Å². The zero-order valence-corrected chi connectivity index (χ0v) is 10.4. The molecule has 4 heteroatoms. The minimum Gasteiger partial charge on any atom is -0.478 e. The molecule has 4 nitrogen and oxygen atoms in total. The van der Waals surface area contributed by atoms with E-state index in [-0.39, 0.29) is 5.56 Å². The number of anilines is 2. The number of carboxylic acids is 1. The van der Waals surface area contributed by atoms with Gasteiger partial charge >= 0.3 is 5.97 Å². The summed E-state index contributed by atoms with van der Waals surface area (Å²) in [6.07, 6.45) is 0.646. The number of benzene rings is 2. The van der Waals surface area contributed by atoms with Crippen LogP contribution in [-0.4, -0.2) is 17.4 Å². The molecule has 2 aromatic rings. The predicted octanol–water partition coefficient (Wildman–Crippen LogP) is 3.25. The van der Waals surface area contributed by atoms with Crippen LogP contribution in [0.1, 0.15) is 26.3 Å². The average molecular weight is 255 g/mol. The molecule has 96 valence electrons. The fourth-order valence-corrected chi connectivity index (χ4v) is 1.77. The van der Waals surface area contributed by atoms with Gasteiger partial charge in [0.05, 0.1) is 5.56 Å². The topological polar surface area (TPSA) is 66.4 Å². The van der Waals surface area contributed by atoms with Gasteiger partial charge in [-0.15, -0.1) is 0 Å². The van der Waals surface area contributed by atoms with E-state index < -0.39 is 5.97 Å². The highest BCUT2D eigenvalue weighted by Gasteiger charge is 2.08. The SMILES string of the molecule is Cc1ccccc1Nc1ccc(C(=O)O)cc1C=O. The maximum atomic E-state index is 11.0. The van der Waals surface area contributed by atoms with Gasteiger partial charge in [0.1, 0.15) is 0 Å². The van der Waals surface area contributed by atoms with Gasteiger partial charge < -0.3 is 10.4 Å². The van der Waals surface area contributed by atoms with Gasteiger partial charge in [0, 0.05) is 16.9 Å². The Morgan fingerprint density at radius 3 is 2.53 bits per heavy atom. The van der Waals surface area contributed by atoms with Crippen molar-refractivity contribution in [1.82, 2.24) is 0 Å². The molecule has 2 rings (SSSR count). The summed E-state index contributed by atoms with van der Waals surface area (Å²) in [5.41, 5.74) is 2.94. The van der Waals surface area contributed by atoms with Crippen molar-refractivity contribution < 1.29 is 14.7 Å². The number of carbonyl (C=O) groups excluding carboxylic acids is 1. The van der Waals surface area contributed by atoms with Crippen molar-refractivity contribution in [2.45, 2.75) is 6.92 Å².